The summed E-state index contributed by atoms with van der Waals surface area (Å²) in [5.74, 6) is 0.936. The summed E-state index contributed by atoms with van der Waals surface area (Å²) in [6.45, 7) is 10.9. The molecule has 0 radical (unpaired) electrons. The Morgan fingerprint density at radius 2 is 1.89 bits per heavy atom. The van der Waals surface area contributed by atoms with E-state index in [1.54, 1.807) is 6.26 Å². The molecular formula is C27H37N7O2S. The van der Waals surface area contributed by atoms with Gasteiger partial charge in [-0.3, -0.25) is 4.79 Å². The fraction of sp³-hybridized carbons (Fsp3) is 0.519. The van der Waals surface area contributed by atoms with Gasteiger partial charge in [-0.2, -0.15) is 5.10 Å². The first kappa shape index (κ1) is 25.7. The highest BCUT2D eigenvalue weighted by atomic mass is 32.2. The normalized spacial score (nSPS) is 23.3. The van der Waals surface area contributed by atoms with Crippen molar-refractivity contribution in [1.82, 2.24) is 24.8 Å². The zero-order valence-electron chi connectivity index (χ0n) is 22.3. The van der Waals surface area contributed by atoms with Crippen molar-refractivity contribution in [1.29, 1.82) is 0 Å². The minimum absolute atomic E-state index is 0.0629. The number of hydrogen-bond acceptors (Lipinski definition) is 6. The summed E-state index contributed by atoms with van der Waals surface area (Å²) in [6.07, 6.45) is 6.45. The summed E-state index contributed by atoms with van der Waals surface area (Å²) in [7, 11) is -1.27. The summed E-state index contributed by atoms with van der Waals surface area (Å²) in [6, 6.07) is 8.33. The summed E-state index contributed by atoms with van der Waals surface area (Å²) in [5, 5.41) is 8.48. The van der Waals surface area contributed by atoms with Gasteiger partial charge in [-0.25, -0.2) is 13.7 Å². The lowest BCUT2D eigenvalue weighted by Gasteiger charge is -2.37. The lowest BCUT2D eigenvalue weighted by molar-refractivity contribution is 0.0606. The summed E-state index contributed by atoms with van der Waals surface area (Å²) >= 11 is 0. The Morgan fingerprint density at radius 1 is 1.14 bits per heavy atom. The maximum Gasteiger partial charge on any atom is 0.256 e. The number of aryl methyl sites for hydroxylation is 2. The van der Waals surface area contributed by atoms with E-state index in [2.05, 4.69) is 35.7 Å². The predicted molar refractivity (Wildman–Crippen MR) is 148 cm³/mol. The number of nitrogens with zero attached hydrogens (tertiary/aromatic N) is 5. The van der Waals surface area contributed by atoms with Crippen molar-refractivity contribution in [2.75, 3.05) is 35.5 Å². The number of rotatable bonds is 5. The van der Waals surface area contributed by atoms with Gasteiger partial charge in [-0.1, -0.05) is 11.6 Å². The molecule has 37 heavy (non-hydrogen) atoms. The fourth-order valence-electron chi connectivity index (χ4n) is 5.72. The Balaban J connectivity index is 1.47. The van der Waals surface area contributed by atoms with E-state index in [1.165, 1.54) is 0 Å². The van der Waals surface area contributed by atoms with Gasteiger partial charge in [0.05, 0.1) is 23.0 Å². The highest BCUT2D eigenvalue weighted by molar-refractivity contribution is 7.85. The third kappa shape index (κ3) is 5.36. The molecule has 4 unspecified atom stereocenters. The average molecular weight is 524 g/mol. The van der Waals surface area contributed by atoms with Gasteiger partial charge in [-0.05, 0) is 59.1 Å². The van der Waals surface area contributed by atoms with E-state index in [0.717, 1.165) is 60.6 Å². The predicted octanol–water partition coefficient (Wildman–Crippen LogP) is 3.61. The lowest BCUT2D eigenvalue weighted by Crippen LogP contribution is -2.54. The standard InChI is InChI=1S/C27H37N7O2S/c1-17-9-10-22(31-37(5)36)21(12-17)27(35)33-11-7-6-8-24(33)23-13-25-29-26(18(2)14-34(25)30-23)32-15-19(3)28-20(4)16-32/h9-10,12-14,19-20,24,28,31H,6-8,11,15-16H2,1-5H3. The summed E-state index contributed by atoms with van der Waals surface area (Å²) in [5.41, 5.74) is 4.87. The molecule has 5 rings (SSSR count). The number of hydrogen-bond donors (Lipinski definition) is 2. The van der Waals surface area contributed by atoms with Crippen LogP contribution >= 0.6 is 0 Å². The number of amides is 1. The topological polar surface area (TPSA) is 94.9 Å². The van der Waals surface area contributed by atoms with Gasteiger partial charge in [0.15, 0.2) is 5.65 Å². The lowest BCUT2D eigenvalue weighted by atomic mass is 9.97. The van der Waals surface area contributed by atoms with Crippen LogP contribution in [0.2, 0.25) is 0 Å². The molecule has 1 amide bonds. The van der Waals surface area contributed by atoms with Gasteiger partial charge >= 0.3 is 0 Å². The molecule has 2 fully saturated rings. The third-order valence-electron chi connectivity index (χ3n) is 7.25. The molecule has 9 nitrogen and oxygen atoms in total. The number of likely N-dealkylation sites (tertiary alicyclic amines) is 1. The van der Waals surface area contributed by atoms with Crippen molar-refractivity contribution in [2.24, 2.45) is 0 Å². The van der Waals surface area contributed by atoms with E-state index >= 15 is 0 Å². The molecule has 2 aliphatic rings. The molecule has 2 N–H and O–H groups in total. The Hall–Kier alpha value is -2.98. The molecule has 0 spiro atoms. The molecule has 0 saturated carbocycles. The van der Waals surface area contributed by atoms with Crippen LogP contribution in [-0.2, 0) is 11.0 Å². The molecule has 0 bridgehead atoms. The molecule has 2 aliphatic heterocycles. The van der Waals surface area contributed by atoms with Crippen LogP contribution in [0, 0.1) is 13.8 Å². The zero-order valence-corrected chi connectivity index (χ0v) is 23.1. The van der Waals surface area contributed by atoms with Crippen LogP contribution in [0.1, 0.15) is 66.3 Å². The van der Waals surface area contributed by atoms with Crippen LogP contribution < -0.4 is 14.9 Å². The number of piperazine rings is 1. The van der Waals surface area contributed by atoms with Gasteiger partial charge in [0.1, 0.15) is 16.8 Å². The van der Waals surface area contributed by atoms with Crippen LogP contribution in [0.25, 0.3) is 5.65 Å². The number of anilines is 2. The Labute approximate surface area is 221 Å². The molecule has 2 aromatic heterocycles. The molecular weight excluding hydrogens is 486 g/mol. The van der Waals surface area contributed by atoms with Crippen molar-refractivity contribution in [2.45, 2.75) is 65.1 Å². The number of piperidine rings is 1. The quantitative estimate of drug-likeness (QED) is 0.531. The molecule has 4 heterocycles. The van der Waals surface area contributed by atoms with Crippen LogP contribution in [0.3, 0.4) is 0 Å². The third-order valence-corrected chi connectivity index (χ3v) is 7.75. The smallest absolute Gasteiger partial charge is 0.256 e. The van der Waals surface area contributed by atoms with Gasteiger partial charge in [0.2, 0.25) is 0 Å². The largest absolute Gasteiger partial charge is 0.353 e. The van der Waals surface area contributed by atoms with Crippen molar-refractivity contribution in [3.05, 3.63) is 52.8 Å². The maximum atomic E-state index is 13.9. The number of aromatic nitrogens is 3. The first-order chi connectivity index (χ1) is 17.7. The van der Waals surface area contributed by atoms with Crippen LogP contribution in [0.15, 0.2) is 30.5 Å². The molecule has 3 aromatic rings. The van der Waals surface area contributed by atoms with Gasteiger partial charge in [-0.15, -0.1) is 0 Å². The molecule has 10 heteroatoms. The zero-order chi connectivity index (χ0) is 26.3. The van der Waals surface area contributed by atoms with Crippen LogP contribution in [0.4, 0.5) is 11.5 Å². The molecule has 4 atom stereocenters. The number of benzene rings is 1. The monoisotopic (exact) mass is 523 g/mol. The number of carbonyl (C=O) groups excluding carboxylic acids is 1. The van der Waals surface area contributed by atoms with E-state index in [-0.39, 0.29) is 11.9 Å². The van der Waals surface area contributed by atoms with Gasteiger partial charge in [0.25, 0.3) is 5.91 Å². The van der Waals surface area contributed by atoms with Crippen LogP contribution in [-0.4, -0.2) is 67.6 Å². The maximum absolute atomic E-state index is 13.9. The molecule has 2 saturated heterocycles. The average Bonchev–Trinajstić information content (AvgIpc) is 3.26. The van der Waals surface area contributed by atoms with E-state index in [0.29, 0.717) is 29.9 Å². The number of carbonyl (C=O) groups is 1. The minimum Gasteiger partial charge on any atom is -0.353 e. The van der Waals surface area contributed by atoms with E-state index in [4.69, 9.17) is 10.1 Å². The number of nitrogens with one attached hydrogen (secondary N) is 2. The minimum atomic E-state index is -1.27. The second-order valence-electron chi connectivity index (χ2n) is 10.6. The van der Waals surface area contributed by atoms with Gasteiger partial charge < -0.3 is 19.8 Å². The summed E-state index contributed by atoms with van der Waals surface area (Å²) < 4.78 is 16.7. The van der Waals surface area contributed by atoms with E-state index < -0.39 is 11.0 Å². The second-order valence-corrected chi connectivity index (χ2v) is 11.7. The first-order valence-corrected chi connectivity index (χ1v) is 14.6. The van der Waals surface area contributed by atoms with Crippen LogP contribution in [0.5, 0.6) is 0 Å². The van der Waals surface area contributed by atoms with Crippen molar-refractivity contribution < 1.29 is 9.00 Å². The SMILES string of the molecule is Cc1ccc(NS(C)=O)c(C(=O)N2CCCCC2c2cc3nc(N4CC(C)NC(C)C4)c(C)cn3n2)c1. The molecule has 0 aliphatic carbocycles. The van der Waals surface area contributed by atoms with E-state index in [1.807, 2.05) is 46.8 Å². The Morgan fingerprint density at radius 3 is 2.62 bits per heavy atom. The second kappa shape index (κ2) is 10.4. The van der Waals surface area contributed by atoms with Crippen molar-refractivity contribution >= 4 is 34.0 Å². The first-order valence-electron chi connectivity index (χ1n) is 13.1. The van der Waals surface area contributed by atoms with Crippen molar-refractivity contribution in [3.8, 4) is 0 Å². The van der Waals surface area contributed by atoms with Crippen molar-refractivity contribution in [3.63, 3.8) is 0 Å². The Kier molecular flexibility index (Phi) is 7.22. The molecule has 1 aromatic carbocycles. The Bertz CT molecular complexity index is 1330. The highest BCUT2D eigenvalue weighted by Gasteiger charge is 2.32. The fourth-order valence-corrected chi connectivity index (χ4v) is 6.21. The van der Waals surface area contributed by atoms with Gasteiger partial charge in [0, 0.05) is 55.8 Å². The highest BCUT2D eigenvalue weighted by Crippen LogP contribution is 2.34. The van der Waals surface area contributed by atoms with E-state index in [9.17, 15) is 9.00 Å². The number of fused-ring (bicyclic) bond motifs is 1. The molecule has 198 valence electrons. The summed E-state index contributed by atoms with van der Waals surface area (Å²) in [4.78, 5) is 23.2.